The van der Waals surface area contributed by atoms with E-state index >= 15 is 0 Å². The Bertz CT molecular complexity index is 375. The van der Waals surface area contributed by atoms with Crippen molar-refractivity contribution in [3.05, 3.63) is 12.2 Å². The molecule has 0 aromatic heterocycles. The van der Waals surface area contributed by atoms with Gasteiger partial charge in [0.1, 0.15) is 0 Å². The van der Waals surface area contributed by atoms with E-state index in [4.69, 9.17) is 0 Å². The lowest BCUT2D eigenvalue weighted by Crippen LogP contribution is -2.38. The van der Waals surface area contributed by atoms with Crippen molar-refractivity contribution in [2.75, 3.05) is 5.75 Å². The minimum absolute atomic E-state index is 0.0807. The van der Waals surface area contributed by atoms with Gasteiger partial charge in [-0.25, -0.2) is 8.42 Å². The molecule has 0 spiro atoms. The minimum Gasteiger partial charge on any atom is -0.211 e. The molecule has 3 nitrogen and oxygen atoms in total. The van der Waals surface area contributed by atoms with Crippen molar-refractivity contribution < 1.29 is 8.42 Å². The molecule has 0 aromatic carbocycles. The molecule has 108 valence electrons. The second-order valence-corrected chi connectivity index (χ2v) is 10.2. The lowest BCUT2D eigenvalue weighted by atomic mass is 9.91. The van der Waals surface area contributed by atoms with E-state index in [1.54, 1.807) is 6.08 Å². The van der Waals surface area contributed by atoms with Crippen LogP contribution in [-0.4, -0.2) is 22.2 Å². The Morgan fingerprint density at radius 2 is 1.56 bits per heavy atom. The number of hydrogen-bond donors (Lipinski definition) is 0. The van der Waals surface area contributed by atoms with Crippen LogP contribution in [0.5, 0.6) is 0 Å². The van der Waals surface area contributed by atoms with Crippen LogP contribution < -0.4 is 0 Å². The molecule has 0 aliphatic heterocycles. The summed E-state index contributed by atoms with van der Waals surface area (Å²) in [7, 11) is -3.20. The highest BCUT2D eigenvalue weighted by molar-refractivity contribution is 14.1. The maximum atomic E-state index is 12.0. The first-order chi connectivity index (χ1) is 7.86. The molecule has 0 amide bonds. The summed E-state index contributed by atoms with van der Waals surface area (Å²) in [6.45, 7) is 12.2. The summed E-state index contributed by atoms with van der Waals surface area (Å²) in [6, 6.07) is 0. The van der Waals surface area contributed by atoms with Gasteiger partial charge in [0.2, 0.25) is 10.0 Å². The number of rotatable bonds is 5. The molecule has 0 unspecified atom stereocenters. The molecule has 0 saturated carbocycles. The average Bonchev–Trinajstić information content (AvgIpc) is 2.12. The molecule has 0 radical (unpaired) electrons. The number of nitrogens with zero attached hydrogens (tertiary/aromatic N) is 1. The van der Waals surface area contributed by atoms with Crippen LogP contribution in [0.3, 0.4) is 0 Å². The summed E-state index contributed by atoms with van der Waals surface area (Å²) in [4.78, 5) is 0. The fraction of sp³-hybridized carbons (Fsp3) is 0.846. The highest BCUT2D eigenvalue weighted by Crippen LogP contribution is 2.24. The van der Waals surface area contributed by atoms with Gasteiger partial charge in [0.25, 0.3) is 0 Å². The third kappa shape index (κ3) is 7.74. The number of sulfonamides is 1. The predicted molar refractivity (Wildman–Crippen MR) is 87.2 cm³/mol. The van der Waals surface area contributed by atoms with Gasteiger partial charge in [0.15, 0.2) is 0 Å². The molecular weight excluding hydrogens is 361 g/mol. The maximum absolute atomic E-state index is 12.0. The zero-order valence-corrected chi connectivity index (χ0v) is 15.3. The Hall–Kier alpha value is 0.380. The van der Waals surface area contributed by atoms with Crippen LogP contribution in [0.25, 0.3) is 0 Å². The summed E-state index contributed by atoms with van der Waals surface area (Å²) < 4.78 is 25.4. The van der Waals surface area contributed by atoms with Gasteiger partial charge in [-0.1, -0.05) is 32.9 Å². The first kappa shape index (κ1) is 18.4. The first-order valence-corrected chi connectivity index (χ1v) is 8.77. The van der Waals surface area contributed by atoms with Crippen molar-refractivity contribution in [3.8, 4) is 0 Å². The molecule has 18 heavy (non-hydrogen) atoms. The van der Waals surface area contributed by atoms with Crippen molar-refractivity contribution in [2.24, 2.45) is 5.41 Å². The molecule has 0 heterocycles. The van der Waals surface area contributed by atoms with E-state index in [-0.39, 0.29) is 11.3 Å². The third-order valence-electron chi connectivity index (χ3n) is 2.31. The maximum Gasteiger partial charge on any atom is 0.226 e. The summed E-state index contributed by atoms with van der Waals surface area (Å²) in [6.07, 6.45) is 5.72. The smallest absolute Gasteiger partial charge is 0.211 e. The van der Waals surface area contributed by atoms with Gasteiger partial charge in [-0.3, -0.25) is 0 Å². The van der Waals surface area contributed by atoms with E-state index in [1.165, 1.54) is 2.52 Å². The second-order valence-electron chi connectivity index (χ2n) is 6.73. The van der Waals surface area contributed by atoms with Gasteiger partial charge in [0, 0.05) is 28.4 Å². The van der Waals surface area contributed by atoms with Crippen LogP contribution in [0.15, 0.2) is 12.2 Å². The van der Waals surface area contributed by atoms with Gasteiger partial charge in [-0.05, 0) is 39.0 Å². The van der Waals surface area contributed by atoms with Crippen LogP contribution in [0.2, 0.25) is 0 Å². The Morgan fingerprint density at radius 1 is 1.06 bits per heavy atom. The molecule has 0 atom stereocenters. The zero-order valence-electron chi connectivity index (χ0n) is 12.3. The standard InChI is InChI=1S/C13H26INO2S/c1-12(2,3)10-8-7-9-11-18(16,17)15(14)13(4,5)6/h7,9H,8,10-11H2,1-6H3/b9-7+. The number of halogens is 1. The van der Waals surface area contributed by atoms with Crippen molar-refractivity contribution in [3.63, 3.8) is 0 Å². The van der Waals surface area contributed by atoms with E-state index in [0.717, 1.165) is 12.8 Å². The Kier molecular flexibility index (Phi) is 6.84. The van der Waals surface area contributed by atoms with Crippen molar-refractivity contribution in [1.29, 1.82) is 0 Å². The SMILES string of the molecule is CC(C)(C)CC/C=C/CS(=O)(=O)N(I)C(C)(C)C. The Morgan fingerprint density at radius 3 is 1.94 bits per heavy atom. The summed E-state index contributed by atoms with van der Waals surface area (Å²) in [5, 5.41) is 0. The van der Waals surface area contributed by atoms with Crippen molar-refractivity contribution >= 4 is 32.9 Å². The lowest BCUT2D eigenvalue weighted by Gasteiger charge is -2.28. The summed E-state index contributed by atoms with van der Waals surface area (Å²) in [5.74, 6) is 0.0807. The monoisotopic (exact) mass is 387 g/mol. The quantitative estimate of drug-likeness (QED) is 0.404. The molecule has 0 aromatic rings. The topological polar surface area (TPSA) is 37.4 Å². The van der Waals surface area contributed by atoms with Gasteiger partial charge >= 0.3 is 0 Å². The summed E-state index contributed by atoms with van der Waals surface area (Å²) >= 11 is 1.88. The predicted octanol–water partition coefficient (Wildman–Crippen LogP) is 4.15. The fourth-order valence-corrected chi connectivity index (χ4v) is 3.13. The van der Waals surface area contributed by atoms with E-state index in [9.17, 15) is 8.42 Å². The van der Waals surface area contributed by atoms with E-state index < -0.39 is 10.0 Å². The molecule has 0 N–H and O–H groups in total. The van der Waals surface area contributed by atoms with E-state index in [0.29, 0.717) is 5.41 Å². The van der Waals surface area contributed by atoms with Crippen LogP contribution in [0, 0.1) is 5.41 Å². The van der Waals surface area contributed by atoms with Gasteiger partial charge < -0.3 is 0 Å². The fourth-order valence-electron chi connectivity index (χ4n) is 1.31. The molecule has 5 heteroatoms. The number of hydrogen-bond acceptors (Lipinski definition) is 2. The second kappa shape index (κ2) is 6.70. The van der Waals surface area contributed by atoms with Gasteiger partial charge in [-0.15, -0.1) is 2.52 Å². The molecule has 0 aliphatic rings. The lowest BCUT2D eigenvalue weighted by molar-refractivity contribution is 0.381. The normalized spacial score (nSPS) is 14.7. The highest BCUT2D eigenvalue weighted by Gasteiger charge is 2.29. The van der Waals surface area contributed by atoms with E-state index in [1.807, 2.05) is 49.7 Å². The number of allylic oxidation sites excluding steroid dienone is 1. The molecular formula is C13H26INO2S. The van der Waals surface area contributed by atoms with Crippen LogP contribution in [-0.2, 0) is 10.0 Å². The van der Waals surface area contributed by atoms with Crippen LogP contribution in [0.1, 0.15) is 54.4 Å². The summed E-state index contributed by atoms with van der Waals surface area (Å²) in [5.41, 5.74) is -0.0808. The highest BCUT2D eigenvalue weighted by atomic mass is 127. The Labute approximate surface area is 127 Å². The van der Waals surface area contributed by atoms with Gasteiger partial charge in [-0.2, -0.15) is 0 Å². The largest absolute Gasteiger partial charge is 0.226 e. The molecule has 0 saturated heterocycles. The third-order valence-corrected chi connectivity index (χ3v) is 7.20. The van der Waals surface area contributed by atoms with Crippen LogP contribution >= 0.6 is 22.9 Å². The minimum atomic E-state index is -3.20. The molecule has 0 rings (SSSR count). The Balaban J connectivity index is 4.33. The van der Waals surface area contributed by atoms with E-state index in [2.05, 4.69) is 20.8 Å². The zero-order chi connectivity index (χ0) is 14.6. The van der Waals surface area contributed by atoms with Gasteiger partial charge in [0.05, 0.1) is 5.75 Å². The van der Waals surface area contributed by atoms with Crippen LogP contribution in [0.4, 0.5) is 0 Å². The van der Waals surface area contributed by atoms with Crippen molar-refractivity contribution in [2.45, 2.75) is 59.9 Å². The van der Waals surface area contributed by atoms with Crippen molar-refractivity contribution in [1.82, 2.24) is 2.52 Å². The molecule has 0 fully saturated rings. The molecule has 0 aliphatic carbocycles. The first-order valence-electron chi connectivity index (χ1n) is 6.20. The molecule has 0 bridgehead atoms. The average molecular weight is 387 g/mol.